The van der Waals surface area contributed by atoms with Crippen LogP contribution in [0.5, 0.6) is 0 Å². The number of hydrogen-bond donors (Lipinski definition) is 5. The van der Waals surface area contributed by atoms with Gasteiger partial charge < -0.3 is 25.4 Å². The second kappa shape index (κ2) is 14.9. The molecule has 4 heterocycles. The van der Waals surface area contributed by atoms with Crippen LogP contribution in [0.2, 0.25) is 0 Å². The molecule has 16 heteroatoms. The highest BCUT2D eigenvalue weighted by Crippen LogP contribution is 2.39. The first-order valence-corrected chi connectivity index (χ1v) is 17.0. The molecule has 0 radical (unpaired) electrons. The van der Waals surface area contributed by atoms with Crippen LogP contribution in [0.4, 0.5) is 13.2 Å². The highest BCUT2D eigenvalue weighted by Gasteiger charge is 2.53. The van der Waals surface area contributed by atoms with E-state index in [2.05, 4.69) is 26.2 Å². The zero-order chi connectivity index (χ0) is 33.3. The normalized spacial score (nSPS) is 40.0. The van der Waals surface area contributed by atoms with Crippen molar-refractivity contribution in [1.82, 2.24) is 36.0 Å². The number of amides is 2. The predicted molar refractivity (Wildman–Crippen MR) is 164 cm³/mol. The van der Waals surface area contributed by atoms with Crippen LogP contribution in [0.1, 0.15) is 46.0 Å². The minimum absolute atomic E-state index is 0.0377. The van der Waals surface area contributed by atoms with Gasteiger partial charge in [-0.3, -0.25) is 34.8 Å². The highest BCUT2D eigenvalue weighted by molar-refractivity contribution is 6.21. The molecule has 12 nitrogen and oxygen atoms in total. The molecule has 262 valence electrons. The van der Waals surface area contributed by atoms with Crippen LogP contribution in [0.15, 0.2) is 0 Å². The minimum atomic E-state index is -4.31. The van der Waals surface area contributed by atoms with E-state index >= 15 is 0 Å². The lowest BCUT2D eigenvalue weighted by Crippen LogP contribution is -2.79. The topological polar surface area (TPSA) is 139 Å². The molecule has 2 amide bonds. The van der Waals surface area contributed by atoms with E-state index < -0.39 is 60.0 Å². The Bertz CT molecular complexity index is 1100. The number of nitrogens with one attached hydrogen (secondary N) is 4. The number of piperidine rings is 2. The van der Waals surface area contributed by atoms with E-state index in [4.69, 9.17) is 16.3 Å². The van der Waals surface area contributed by atoms with Crippen LogP contribution in [0.25, 0.3) is 0 Å². The molecule has 0 bridgehead atoms. The fourth-order valence-corrected chi connectivity index (χ4v) is 8.49. The lowest BCUT2D eigenvalue weighted by atomic mass is 9.84. The van der Waals surface area contributed by atoms with Crippen molar-refractivity contribution in [2.45, 2.75) is 106 Å². The Labute approximate surface area is 273 Å². The van der Waals surface area contributed by atoms with Crippen molar-refractivity contribution in [3.05, 3.63) is 0 Å². The number of ether oxygens (including phenoxy) is 1. The average Bonchev–Trinajstić information content (AvgIpc) is 3.02. The summed E-state index contributed by atoms with van der Waals surface area (Å²) in [6.07, 6.45) is -5.39. The highest BCUT2D eigenvalue weighted by atomic mass is 35.5. The number of alkyl halides is 4. The smallest absolute Gasteiger partial charge is 0.388 e. The number of Topliss-reactive ketones (excluding diaryl/α,β-unsaturated/α-hetero) is 1. The first-order valence-electron chi connectivity index (χ1n) is 16.6. The monoisotopic (exact) mass is 679 g/mol. The van der Waals surface area contributed by atoms with E-state index in [1.807, 2.05) is 18.7 Å². The average molecular weight is 680 g/mol. The van der Waals surface area contributed by atoms with Gasteiger partial charge in [-0.05, 0) is 45.6 Å². The van der Waals surface area contributed by atoms with E-state index in [9.17, 15) is 32.7 Å². The van der Waals surface area contributed by atoms with Crippen LogP contribution >= 0.6 is 11.6 Å². The molecule has 0 spiro atoms. The number of likely N-dealkylation sites (tertiary alicyclic amines) is 1. The Kier molecular flexibility index (Phi) is 11.6. The van der Waals surface area contributed by atoms with Gasteiger partial charge in [-0.2, -0.15) is 13.2 Å². The Hall–Kier alpha value is -1.59. The third-order valence-electron chi connectivity index (χ3n) is 10.6. The van der Waals surface area contributed by atoms with Gasteiger partial charge in [-0.1, -0.05) is 6.92 Å². The summed E-state index contributed by atoms with van der Waals surface area (Å²) in [4.78, 5) is 46.8. The number of piperazine rings is 2. The lowest BCUT2D eigenvalue weighted by Gasteiger charge is -2.55. The Morgan fingerprint density at radius 3 is 2.48 bits per heavy atom. The number of halogens is 4. The first-order chi connectivity index (χ1) is 21.8. The summed E-state index contributed by atoms with van der Waals surface area (Å²) in [7, 11) is 1.49. The van der Waals surface area contributed by atoms with Crippen molar-refractivity contribution in [3.8, 4) is 0 Å². The number of carbonyl (C=O) groups excluding carboxylic acids is 3. The summed E-state index contributed by atoms with van der Waals surface area (Å²) >= 11 is 6.35. The van der Waals surface area contributed by atoms with Gasteiger partial charge in [0.15, 0.2) is 5.78 Å². The lowest BCUT2D eigenvalue weighted by molar-refractivity contribution is -0.182. The third-order valence-corrected chi connectivity index (χ3v) is 11.1. The van der Waals surface area contributed by atoms with Crippen molar-refractivity contribution in [2.75, 3.05) is 52.9 Å². The molecule has 4 saturated heterocycles. The molecule has 46 heavy (non-hydrogen) atoms. The zero-order valence-corrected chi connectivity index (χ0v) is 27.5. The van der Waals surface area contributed by atoms with Gasteiger partial charge in [-0.15, -0.1) is 11.6 Å². The number of nitrogens with zero attached hydrogens (tertiary/aromatic N) is 3. The number of rotatable bonds is 7. The van der Waals surface area contributed by atoms with Crippen molar-refractivity contribution < 1.29 is 37.4 Å². The molecule has 5 rings (SSSR count). The second-order valence-electron chi connectivity index (χ2n) is 13.5. The summed E-state index contributed by atoms with van der Waals surface area (Å²) in [6.45, 7) is 6.82. The molecule has 0 aromatic rings. The molecule has 5 aliphatic rings. The summed E-state index contributed by atoms with van der Waals surface area (Å²) < 4.78 is 45.1. The molecule has 0 aromatic heterocycles. The predicted octanol–water partition coefficient (Wildman–Crippen LogP) is -0.164. The number of carbonyl (C=O) groups is 3. The fourth-order valence-electron chi connectivity index (χ4n) is 8.09. The van der Waals surface area contributed by atoms with Crippen LogP contribution in [0, 0.1) is 11.8 Å². The number of hydrogen-bond acceptors (Lipinski definition) is 10. The molecule has 4 aliphatic heterocycles. The van der Waals surface area contributed by atoms with Gasteiger partial charge >= 0.3 is 6.18 Å². The molecular weight excluding hydrogens is 631 g/mol. The summed E-state index contributed by atoms with van der Waals surface area (Å²) in [6, 6.07) is -1.91. The molecular formula is C30H49ClF3N7O5. The summed E-state index contributed by atoms with van der Waals surface area (Å²) in [5, 5.41) is 22.7. The molecule has 11 atom stereocenters. The van der Waals surface area contributed by atoms with Gasteiger partial charge in [-0.25, -0.2) is 0 Å². The van der Waals surface area contributed by atoms with Gasteiger partial charge in [0.25, 0.3) is 0 Å². The van der Waals surface area contributed by atoms with Gasteiger partial charge in [0.1, 0.15) is 12.3 Å². The zero-order valence-electron chi connectivity index (χ0n) is 26.8. The van der Waals surface area contributed by atoms with E-state index in [1.165, 1.54) is 7.11 Å². The van der Waals surface area contributed by atoms with Crippen LogP contribution in [0.3, 0.4) is 0 Å². The number of fused-ring (bicyclic) bond motifs is 1. The van der Waals surface area contributed by atoms with Crippen molar-refractivity contribution in [3.63, 3.8) is 0 Å². The maximum atomic E-state index is 14.1. The van der Waals surface area contributed by atoms with E-state index in [-0.39, 0.29) is 55.5 Å². The molecule has 0 aromatic carbocycles. The maximum absolute atomic E-state index is 14.1. The fraction of sp³-hybridized carbons (Fsp3) is 0.900. The Morgan fingerprint density at radius 2 is 1.85 bits per heavy atom. The van der Waals surface area contributed by atoms with Gasteiger partial charge in [0.2, 0.25) is 11.8 Å². The Morgan fingerprint density at radius 1 is 1.13 bits per heavy atom. The molecule has 11 unspecified atom stereocenters. The summed E-state index contributed by atoms with van der Waals surface area (Å²) in [5.41, 5.74) is 0. The number of aliphatic hydroxyl groups excluding tert-OH is 1. The summed E-state index contributed by atoms with van der Waals surface area (Å²) in [5.74, 6) is -2.45. The standard InChI is InChI=1S/C30H49ClF3N7O5/c1-4-21-24(39-9-11-40(12-10-39)29(45)18-7-8-35-28(46-3)25(18)43)26(44)23-27(37-16(2)14-36-23)41(21)15-22(42)38-20-6-5-17(13-19(20)31)30(32,33)34/h16-21,23-25,27-28,35-37,43H,4-15H2,1-3H3,(H,38,42). The maximum Gasteiger partial charge on any atom is 0.391 e. The van der Waals surface area contributed by atoms with Crippen molar-refractivity contribution in [2.24, 2.45) is 11.8 Å². The molecule has 5 fully saturated rings. The number of ketones is 1. The van der Waals surface area contributed by atoms with E-state index in [0.29, 0.717) is 52.1 Å². The Balaban J connectivity index is 1.26. The van der Waals surface area contributed by atoms with Gasteiger partial charge in [0.05, 0.1) is 42.0 Å². The van der Waals surface area contributed by atoms with Crippen molar-refractivity contribution in [1.29, 1.82) is 0 Å². The SMILES string of the molecule is CCC1C(N2CCN(C(=O)C3CCNC(OC)C3O)CC2)C(=O)C2NCC(C)NC2N1CC(=O)NC1CCC(C(F)(F)F)CC1Cl. The van der Waals surface area contributed by atoms with E-state index in [0.717, 1.165) is 0 Å². The third kappa shape index (κ3) is 7.51. The largest absolute Gasteiger partial charge is 0.391 e. The van der Waals surface area contributed by atoms with E-state index in [1.54, 1.807) is 4.90 Å². The first kappa shape index (κ1) is 35.7. The second-order valence-corrected chi connectivity index (χ2v) is 14.1. The quantitative estimate of drug-likeness (QED) is 0.231. The molecule has 5 N–H and O–H groups in total. The van der Waals surface area contributed by atoms with Crippen molar-refractivity contribution >= 4 is 29.2 Å². The van der Waals surface area contributed by atoms with Crippen LogP contribution < -0.4 is 21.3 Å². The van der Waals surface area contributed by atoms with Crippen LogP contribution in [-0.2, 0) is 19.1 Å². The van der Waals surface area contributed by atoms with Crippen LogP contribution in [-0.4, -0.2) is 151 Å². The number of methoxy groups -OCH3 is 1. The molecule has 1 saturated carbocycles. The van der Waals surface area contributed by atoms with Gasteiger partial charge in [0, 0.05) is 58.0 Å². The molecule has 1 aliphatic carbocycles. The minimum Gasteiger partial charge on any atom is -0.388 e. The number of aliphatic hydroxyl groups is 1.